The number of hydrogen-bond donors (Lipinski definition) is 2. The van der Waals surface area contributed by atoms with Gasteiger partial charge in [0.2, 0.25) is 0 Å². The van der Waals surface area contributed by atoms with Gasteiger partial charge in [-0.05, 0) is 18.6 Å². The van der Waals surface area contributed by atoms with Crippen molar-refractivity contribution in [3.05, 3.63) is 30.0 Å². The van der Waals surface area contributed by atoms with Crippen molar-refractivity contribution in [2.45, 2.75) is 6.42 Å². The molecule has 0 fully saturated rings. The minimum Gasteiger partial charge on any atom is -0.507 e. The molecular weight excluding hydrogens is 197 g/mol. The van der Waals surface area contributed by atoms with E-state index in [1.165, 1.54) is 0 Å². The quantitative estimate of drug-likeness (QED) is 0.599. The number of hydrogen-bond acceptors (Lipinski definition) is 3. The zero-order valence-corrected chi connectivity index (χ0v) is 8.16. The van der Waals surface area contributed by atoms with Crippen molar-refractivity contribution in [2.75, 3.05) is 13.3 Å². The van der Waals surface area contributed by atoms with Crippen molar-refractivity contribution in [3.8, 4) is 5.75 Å². The van der Waals surface area contributed by atoms with Gasteiger partial charge in [-0.1, -0.05) is 6.07 Å². The Labute approximate surface area is 86.5 Å². The van der Waals surface area contributed by atoms with Gasteiger partial charge in [0, 0.05) is 12.1 Å². The van der Waals surface area contributed by atoms with Crippen LogP contribution in [0.4, 0.5) is 4.39 Å². The summed E-state index contributed by atoms with van der Waals surface area (Å²) in [6.45, 7) is -0.0127. The first-order valence-corrected chi connectivity index (χ1v) is 4.77. The van der Waals surface area contributed by atoms with E-state index in [-0.39, 0.29) is 5.75 Å². The van der Waals surface area contributed by atoms with Gasteiger partial charge < -0.3 is 9.52 Å². The maximum absolute atomic E-state index is 11.8. The lowest BCUT2D eigenvalue weighted by atomic mass is 10.1. The second kappa shape index (κ2) is 4.31. The maximum atomic E-state index is 11.8. The first-order valence-electron chi connectivity index (χ1n) is 4.77. The van der Waals surface area contributed by atoms with Gasteiger partial charge in [0.05, 0.1) is 11.6 Å². The summed E-state index contributed by atoms with van der Waals surface area (Å²) >= 11 is 0. The molecule has 0 amide bonds. The van der Waals surface area contributed by atoms with E-state index < -0.39 is 6.80 Å². The summed E-state index contributed by atoms with van der Waals surface area (Å²) < 4.78 is 17.1. The van der Waals surface area contributed by atoms with Crippen LogP contribution in [0.2, 0.25) is 0 Å². The van der Waals surface area contributed by atoms with Gasteiger partial charge in [0.1, 0.15) is 18.1 Å². The van der Waals surface area contributed by atoms with Crippen molar-refractivity contribution in [3.63, 3.8) is 0 Å². The second-order valence-corrected chi connectivity index (χ2v) is 3.29. The molecule has 2 aromatic rings. The molecule has 0 aliphatic rings. The molecular formula is C11H12FNO2. The van der Waals surface area contributed by atoms with Crippen LogP contribution in [0.15, 0.2) is 28.9 Å². The van der Waals surface area contributed by atoms with Gasteiger partial charge in [-0.25, -0.2) is 4.39 Å². The van der Waals surface area contributed by atoms with E-state index in [9.17, 15) is 9.50 Å². The molecule has 1 aromatic heterocycles. The molecule has 0 unspecified atom stereocenters. The summed E-state index contributed by atoms with van der Waals surface area (Å²) in [7, 11) is 0. The highest BCUT2D eigenvalue weighted by Crippen LogP contribution is 2.29. The van der Waals surface area contributed by atoms with Gasteiger partial charge in [0.25, 0.3) is 0 Å². The Kier molecular flexibility index (Phi) is 2.87. The maximum Gasteiger partial charge on any atom is 0.140 e. The van der Waals surface area contributed by atoms with Crippen LogP contribution in [-0.2, 0) is 6.42 Å². The Balaban J connectivity index is 2.27. The fourth-order valence-corrected chi connectivity index (χ4v) is 1.61. The van der Waals surface area contributed by atoms with Crippen LogP contribution >= 0.6 is 0 Å². The van der Waals surface area contributed by atoms with Gasteiger partial charge >= 0.3 is 0 Å². The molecule has 0 saturated heterocycles. The largest absolute Gasteiger partial charge is 0.507 e. The molecule has 4 heteroatoms. The fourth-order valence-electron chi connectivity index (χ4n) is 1.61. The highest BCUT2D eigenvalue weighted by Gasteiger charge is 2.08. The second-order valence-electron chi connectivity index (χ2n) is 3.29. The lowest BCUT2D eigenvalue weighted by molar-refractivity contribution is 0.428. The zero-order valence-electron chi connectivity index (χ0n) is 8.16. The third kappa shape index (κ3) is 1.94. The summed E-state index contributed by atoms with van der Waals surface area (Å²) in [5.41, 5.74) is 1.55. The molecule has 1 heterocycles. The topological polar surface area (TPSA) is 45.4 Å². The first kappa shape index (κ1) is 9.98. The average molecular weight is 209 g/mol. The number of nitrogens with one attached hydrogen (secondary N) is 1. The van der Waals surface area contributed by atoms with E-state index in [4.69, 9.17) is 4.42 Å². The monoisotopic (exact) mass is 209 g/mol. The molecule has 0 atom stereocenters. The number of phenolic OH excluding ortho intramolecular Hbond substituents is 1. The summed E-state index contributed by atoms with van der Waals surface area (Å²) in [6.07, 6.45) is 2.23. The smallest absolute Gasteiger partial charge is 0.140 e. The highest BCUT2D eigenvalue weighted by atomic mass is 19.1. The molecule has 0 aliphatic carbocycles. The van der Waals surface area contributed by atoms with E-state index in [1.54, 1.807) is 24.5 Å². The van der Waals surface area contributed by atoms with E-state index in [0.717, 1.165) is 10.9 Å². The summed E-state index contributed by atoms with van der Waals surface area (Å²) in [5.74, 6) is 0.205. The molecule has 0 spiro atoms. The number of alkyl halides is 1. The van der Waals surface area contributed by atoms with Crippen LogP contribution in [0.25, 0.3) is 11.0 Å². The highest BCUT2D eigenvalue weighted by molar-refractivity contribution is 5.87. The minimum absolute atomic E-state index is 0.205. The van der Waals surface area contributed by atoms with Crippen molar-refractivity contribution in [1.82, 2.24) is 5.32 Å². The van der Waals surface area contributed by atoms with Gasteiger partial charge in [0.15, 0.2) is 0 Å². The standard InChI is InChI=1S/C11H12FNO2/c12-7-13-5-4-8-6-15-10-3-1-2-9(14)11(8)10/h1-3,6,13-14H,4-5,7H2. The lowest BCUT2D eigenvalue weighted by Gasteiger charge is -1.99. The molecule has 0 radical (unpaired) electrons. The Hall–Kier alpha value is -1.55. The molecule has 2 rings (SSSR count). The predicted molar refractivity (Wildman–Crippen MR) is 55.6 cm³/mol. The van der Waals surface area contributed by atoms with E-state index in [1.807, 2.05) is 0 Å². The Bertz CT molecular complexity index is 453. The molecule has 3 nitrogen and oxygen atoms in total. The van der Waals surface area contributed by atoms with Gasteiger partial charge in [-0.3, -0.25) is 5.32 Å². The Morgan fingerprint density at radius 3 is 3.07 bits per heavy atom. The fraction of sp³-hybridized carbons (Fsp3) is 0.273. The molecule has 2 N–H and O–H groups in total. The number of rotatable bonds is 4. The first-order chi connectivity index (χ1) is 7.33. The molecule has 0 saturated carbocycles. The molecule has 15 heavy (non-hydrogen) atoms. The number of benzene rings is 1. The van der Waals surface area contributed by atoms with Crippen LogP contribution < -0.4 is 5.32 Å². The summed E-state index contributed by atoms with van der Waals surface area (Å²) in [4.78, 5) is 0. The van der Waals surface area contributed by atoms with Crippen molar-refractivity contribution in [2.24, 2.45) is 0 Å². The van der Waals surface area contributed by atoms with Crippen LogP contribution in [0.3, 0.4) is 0 Å². The minimum atomic E-state index is -0.540. The molecule has 80 valence electrons. The normalized spacial score (nSPS) is 11.0. The Morgan fingerprint density at radius 1 is 1.40 bits per heavy atom. The Morgan fingerprint density at radius 2 is 2.27 bits per heavy atom. The number of phenols is 1. The summed E-state index contributed by atoms with van der Waals surface area (Å²) in [6, 6.07) is 5.13. The lowest BCUT2D eigenvalue weighted by Crippen LogP contribution is -2.15. The van der Waals surface area contributed by atoms with Crippen LogP contribution in [-0.4, -0.2) is 18.4 Å². The van der Waals surface area contributed by atoms with Crippen molar-refractivity contribution in [1.29, 1.82) is 0 Å². The van der Waals surface area contributed by atoms with Crippen LogP contribution in [0.5, 0.6) is 5.75 Å². The van der Waals surface area contributed by atoms with Crippen molar-refractivity contribution >= 4 is 11.0 Å². The number of furan rings is 1. The van der Waals surface area contributed by atoms with Gasteiger partial charge in [-0.15, -0.1) is 0 Å². The average Bonchev–Trinajstić information content (AvgIpc) is 2.63. The third-order valence-electron chi connectivity index (χ3n) is 2.32. The molecule has 0 aliphatic heterocycles. The van der Waals surface area contributed by atoms with Crippen molar-refractivity contribution < 1.29 is 13.9 Å². The van der Waals surface area contributed by atoms with E-state index >= 15 is 0 Å². The summed E-state index contributed by atoms with van der Waals surface area (Å²) in [5, 5.41) is 12.9. The zero-order chi connectivity index (χ0) is 10.7. The molecule has 0 bridgehead atoms. The predicted octanol–water partition coefficient (Wildman–Crippen LogP) is 2.20. The molecule has 1 aromatic carbocycles. The van der Waals surface area contributed by atoms with Crippen LogP contribution in [0.1, 0.15) is 5.56 Å². The SMILES string of the molecule is Oc1cccc2occ(CCNCF)c12. The van der Waals surface area contributed by atoms with Gasteiger partial charge in [-0.2, -0.15) is 0 Å². The van der Waals surface area contributed by atoms with Crippen LogP contribution in [0, 0.1) is 0 Å². The van der Waals surface area contributed by atoms with E-state index in [0.29, 0.717) is 18.5 Å². The number of fused-ring (bicyclic) bond motifs is 1. The van der Waals surface area contributed by atoms with E-state index in [2.05, 4.69) is 5.32 Å². The number of aromatic hydroxyl groups is 1. The number of halogens is 1. The third-order valence-corrected chi connectivity index (χ3v) is 2.32.